The van der Waals surface area contributed by atoms with Gasteiger partial charge in [0.15, 0.2) is 0 Å². The van der Waals surface area contributed by atoms with Gasteiger partial charge in [-0.25, -0.2) is 0 Å². The molecule has 0 aliphatic rings. The maximum absolute atomic E-state index is 10.8. The third-order valence-corrected chi connectivity index (χ3v) is 2.42. The second-order valence-corrected chi connectivity index (χ2v) is 3.74. The van der Waals surface area contributed by atoms with Crippen molar-refractivity contribution < 1.29 is 4.74 Å². The lowest BCUT2D eigenvalue weighted by Gasteiger charge is -2.24. The Labute approximate surface area is 109 Å². The maximum Gasteiger partial charge on any atom is 0.127 e. The predicted octanol–water partition coefficient (Wildman–Crippen LogP) is 1.83. The molecule has 2 aromatic rings. The van der Waals surface area contributed by atoms with Crippen molar-refractivity contribution in [2.45, 2.75) is 0 Å². The van der Waals surface area contributed by atoms with E-state index in [1.807, 2.05) is 0 Å². The molecule has 7 nitrogen and oxygen atoms in total. The number of anilines is 2. The lowest BCUT2D eigenvalue weighted by molar-refractivity contribution is 0.483. The van der Waals surface area contributed by atoms with Crippen molar-refractivity contribution in [1.29, 1.82) is 0 Å². The van der Waals surface area contributed by atoms with E-state index < -0.39 is 0 Å². The fourth-order valence-electron chi connectivity index (χ4n) is 1.46. The second kappa shape index (κ2) is 5.55. The van der Waals surface area contributed by atoms with Crippen LogP contribution in [0.2, 0.25) is 0 Å². The molecule has 0 aliphatic heterocycles. The predicted molar refractivity (Wildman–Crippen MR) is 73.0 cm³/mol. The van der Waals surface area contributed by atoms with Crippen molar-refractivity contribution in [3.63, 3.8) is 0 Å². The SMILES string of the molecule is NN([O-])c1ccc(Oc2ccc(N(N)[O-])cc2)cc1. The van der Waals surface area contributed by atoms with E-state index in [-0.39, 0.29) is 10.3 Å². The number of nitrogens with two attached hydrogens (primary N) is 2. The highest BCUT2D eigenvalue weighted by molar-refractivity contribution is 5.51. The molecular formula is C12H12N4O3-2. The van der Waals surface area contributed by atoms with Gasteiger partial charge in [-0.1, -0.05) is 0 Å². The Kier molecular flexibility index (Phi) is 3.83. The van der Waals surface area contributed by atoms with Crippen LogP contribution in [0.3, 0.4) is 0 Å². The van der Waals surface area contributed by atoms with E-state index >= 15 is 0 Å². The Morgan fingerprint density at radius 3 is 1.26 bits per heavy atom. The molecule has 0 saturated carbocycles. The molecule has 0 bridgehead atoms. The van der Waals surface area contributed by atoms with Gasteiger partial charge in [0.1, 0.15) is 11.5 Å². The molecule has 100 valence electrons. The van der Waals surface area contributed by atoms with Crippen LogP contribution in [0.1, 0.15) is 0 Å². The average molecular weight is 260 g/mol. The molecule has 2 aromatic carbocycles. The molecule has 7 heteroatoms. The second-order valence-electron chi connectivity index (χ2n) is 3.74. The zero-order valence-electron chi connectivity index (χ0n) is 9.89. The monoisotopic (exact) mass is 260 g/mol. The van der Waals surface area contributed by atoms with E-state index in [1.54, 1.807) is 24.3 Å². The Morgan fingerprint density at radius 2 is 1.00 bits per heavy atom. The summed E-state index contributed by atoms with van der Waals surface area (Å²) >= 11 is 0. The summed E-state index contributed by atoms with van der Waals surface area (Å²) in [6.45, 7) is 0. The summed E-state index contributed by atoms with van der Waals surface area (Å²) in [5.41, 5.74) is 0.653. The van der Waals surface area contributed by atoms with Crippen molar-refractivity contribution in [3.05, 3.63) is 58.9 Å². The van der Waals surface area contributed by atoms with Crippen LogP contribution in [0, 0.1) is 10.4 Å². The van der Waals surface area contributed by atoms with Crippen LogP contribution in [-0.2, 0) is 0 Å². The zero-order chi connectivity index (χ0) is 13.8. The van der Waals surface area contributed by atoms with Crippen LogP contribution in [-0.4, -0.2) is 0 Å². The van der Waals surface area contributed by atoms with Gasteiger partial charge in [0.25, 0.3) is 0 Å². The molecule has 0 spiro atoms. The summed E-state index contributed by atoms with van der Waals surface area (Å²) in [7, 11) is 0. The topological polar surface area (TPSA) is 114 Å². The van der Waals surface area contributed by atoms with Gasteiger partial charge in [0.2, 0.25) is 0 Å². The first kappa shape index (κ1) is 13.1. The van der Waals surface area contributed by atoms with E-state index in [1.165, 1.54) is 24.3 Å². The quantitative estimate of drug-likeness (QED) is 0.636. The summed E-state index contributed by atoms with van der Waals surface area (Å²) in [6.07, 6.45) is 0. The molecule has 0 aliphatic carbocycles. The lowest BCUT2D eigenvalue weighted by Crippen LogP contribution is -2.22. The summed E-state index contributed by atoms with van der Waals surface area (Å²) in [5.74, 6) is 11.2. The van der Waals surface area contributed by atoms with Crippen LogP contribution in [0.15, 0.2) is 48.5 Å². The summed E-state index contributed by atoms with van der Waals surface area (Å²) in [6, 6.07) is 12.6. The van der Waals surface area contributed by atoms with Crippen molar-refractivity contribution >= 4 is 11.4 Å². The van der Waals surface area contributed by atoms with Crippen molar-refractivity contribution in [3.8, 4) is 11.5 Å². The molecule has 19 heavy (non-hydrogen) atoms. The number of benzene rings is 2. The molecule has 0 fully saturated rings. The first-order valence-electron chi connectivity index (χ1n) is 5.38. The van der Waals surface area contributed by atoms with E-state index in [4.69, 9.17) is 16.4 Å². The Hall–Kier alpha value is -2.32. The van der Waals surface area contributed by atoms with Gasteiger partial charge < -0.3 is 25.5 Å². The van der Waals surface area contributed by atoms with Crippen LogP contribution in [0.4, 0.5) is 11.4 Å². The third-order valence-electron chi connectivity index (χ3n) is 2.42. The van der Waals surface area contributed by atoms with E-state index in [9.17, 15) is 10.4 Å². The van der Waals surface area contributed by atoms with Gasteiger partial charge in [-0.3, -0.25) is 11.7 Å². The number of hydrogen-bond donors (Lipinski definition) is 2. The van der Waals surface area contributed by atoms with E-state index in [0.29, 0.717) is 22.9 Å². The van der Waals surface area contributed by atoms with Gasteiger partial charge in [-0.05, 0) is 48.5 Å². The summed E-state index contributed by atoms with van der Waals surface area (Å²) < 4.78 is 5.53. The fraction of sp³-hybridized carbons (Fsp3) is 0. The molecule has 0 saturated heterocycles. The molecular weight excluding hydrogens is 248 g/mol. The Morgan fingerprint density at radius 1 is 0.684 bits per heavy atom. The van der Waals surface area contributed by atoms with E-state index in [2.05, 4.69) is 0 Å². The van der Waals surface area contributed by atoms with Crippen LogP contribution < -0.4 is 26.8 Å². The molecule has 0 radical (unpaired) electrons. The first-order valence-corrected chi connectivity index (χ1v) is 5.38. The van der Waals surface area contributed by atoms with Crippen molar-refractivity contribution in [2.75, 3.05) is 10.3 Å². The molecule has 0 amide bonds. The van der Waals surface area contributed by atoms with Crippen molar-refractivity contribution in [2.24, 2.45) is 11.7 Å². The van der Waals surface area contributed by atoms with Gasteiger partial charge in [-0.2, -0.15) is 0 Å². The first-order chi connectivity index (χ1) is 9.06. The largest absolute Gasteiger partial charge is 0.743 e. The molecule has 0 atom stereocenters. The van der Waals surface area contributed by atoms with Gasteiger partial charge in [-0.15, -0.1) is 0 Å². The lowest BCUT2D eigenvalue weighted by atomic mass is 10.3. The smallest absolute Gasteiger partial charge is 0.127 e. The Balaban J connectivity index is 2.08. The zero-order valence-corrected chi connectivity index (χ0v) is 9.89. The number of rotatable bonds is 4. The summed E-state index contributed by atoms with van der Waals surface area (Å²) in [4.78, 5) is 0. The highest BCUT2D eigenvalue weighted by Crippen LogP contribution is 2.25. The molecule has 0 aromatic heterocycles. The van der Waals surface area contributed by atoms with Crippen molar-refractivity contribution in [1.82, 2.24) is 0 Å². The van der Waals surface area contributed by atoms with Gasteiger partial charge >= 0.3 is 0 Å². The number of hydrogen-bond acceptors (Lipinski definition) is 7. The molecule has 2 rings (SSSR count). The molecule has 4 N–H and O–H groups in total. The minimum atomic E-state index is 0.267. The highest BCUT2D eigenvalue weighted by atomic mass is 16.5. The molecule has 0 unspecified atom stereocenters. The highest BCUT2D eigenvalue weighted by Gasteiger charge is 1.99. The average Bonchev–Trinajstić information content (AvgIpc) is 2.40. The summed E-state index contributed by atoms with van der Waals surface area (Å²) in [5, 5.41) is 22.2. The van der Waals surface area contributed by atoms with Crippen LogP contribution >= 0.6 is 0 Å². The third kappa shape index (κ3) is 3.33. The number of nitrogens with zero attached hydrogens (tertiary/aromatic N) is 2. The van der Waals surface area contributed by atoms with E-state index in [0.717, 1.165) is 0 Å². The fourth-order valence-corrected chi connectivity index (χ4v) is 1.46. The minimum absolute atomic E-state index is 0.267. The maximum atomic E-state index is 10.8. The number of ether oxygens (including phenoxy) is 1. The minimum Gasteiger partial charge on any atom is -0.743 e. The molecule has 0 heterocycles. The van der Waals surface area contributed by atoms with Crippen LogP contribution in [0.5, 0.6) is 11.5 Å². The van der Waals surface area contributed by atoms with Crippen LogP contribution in [0.25, 0.3) is 0 Å². The standard InChI is InChI=1S/C12H12N4O3/c13-15(17)9-1-5-11(6-2-9)19-12-7-3-10(4-8-12)16(14)18/h1-8H,13-14H2/q-2. The van der Waals surface area contributed by atoms with Gasteiger partial charge in [0.05, 0.1) is 0 Å². The normalized spacial score (nSPS) is 10.1. The van der Waals surface area contributed by atoms with Gasteiger partial charge in [0, 0.05) is 11.4 Å². The Bertz CT molecular complexity index is 476. The number of hydrazine groups is 2.